The molecule has 0 atom stereocenters. The lowest BCUT2D eigenvalue weighted by atomic mass is 10.2. The summed E-state index contributed by atoms with van der Waals surface area (Å²) in [7, 11) is -2.25. The monoisotopic (exact) mass is 579 g/mol. The van der Waals surface area contributed by atoms with Crippen molar-refractivity contribution in [3.63, 3.8) is 0 Å². The van der Waals surface area contributed by atoms with Crippen molar-refractivity contribution in [2.24, 2.45) is 0 Å². The molecule has 0 unspecified atom stereocenters. The Hall–Kier alpha value is -4.17. The van der Waals surface area contributed by atoms with Crippen LogP contribution < -0.4 is 33.3 Å². The summed E-state index contributed by atoms with van der Waals surface area (Å²) in [5.41, 5.74) is 0.557. The van der Waals surface area contributed by atoms with E-state index < -0.39 is 32.5 Å². The van der Waals surface area contributed by atoms with Crippen LogP contribution in [0.25, 0.3) is 0 Å². The van der Waals surface area contributed by atoms with Gasteiger partial charge >= 0.3 is 0 Å². The largest absolute Gasteiger partial charge is 0.497 e. The van der Waals surface area contributed by atoms with Gasteiger partial charge in [-0.3, -0.25) is 13.8 Å². The number of sulfonamides is 2. The van der Waals surface area contributed by atoms with Crippen LogP contribution in [0.4, 0.5) is 17.1 Å². The molecule has 0 spiro atoms. The molecule has 0 aliphatic heterocycles. The minimum atomic E-state index is -4.02. The number of nitrogens with zero attached hydrogens (tertiary/aromatic N) is 1. The molecule has 0 heterocycles. The number of benzene rings is 3. The molecule has 0 aliphatic carbocycles. The maximum absolute atomic E-state index is 12.9. The fraction of sp³-hybridized carbons (Fsp3) is 0.240. The summed E-state index contributed by atoms with van der Waals surface area (Å²) in [6.07, 6.45) is 0.961. The second-order valence-corrected chi connectivity index (χ2v) is 11.6. The van der Waals surface area contributed by atoms with Crippen molar-refractivity contribution >= 4 is 43.0 Å². The van der Waals surface area contributed by atoms with Crippen molar-refractivity contribution in [1.82, 2.24) is 0 Å². The SMILES string of the molecule is COc1ccc(OC)c(NS(=O)(=O)c2ccc(NC(=O)CN(c3cc(OC)ccc3OC)S(C)(=O)=O)cc2)c1. The standard InChI is InChI=1S/C25H29N3O9S2/c1-34-18-8-12-23(36-3)21(14-18)27-39(32,33)20-10-6-17(7-11-20)26-25(29)16-28(38(5,30)31)22-15-19(35-2)9-13-24(22)37-4/h6-15,27H,16H2,1-5H3,(H,26,29). The van der Waals surface area contributed by atoms with Crippen molar-refractivity contribution in [3.05, 3.63) is 60.7 Å². The molecular formula is C25H29N3O9S2. The van der Waals surface area contributed by atoms with E-state index in [0.717, 1.165) is 10.6 Å². The van der Waals surface area contributed by atoms with E-state index in [1.54, 1.807) is 18.2 Å². The van der Waals surface area contributed by atoms with Gasteiger partial charge in [-0.05, 0) is 48.5 Å². The molecule has 0 bridgehead atoms. The Kier molecular flexibility index (Phi) is 9.14. The lowest BCUT2D eigenvalue weighted by molar-refractivity contribution is -0.114. The third-order valence-electron chi connectivity index (χ3n) is 5.44. The van der Waals surface area contributed by atoms with Crippen molar-refractivity contribution in [3.8, 4) is 23.0 Å². The molecular weight excluding hydrogens is 550 g/mol. The highest BCUT2D eigenvalue weighted by atomic mass is 32.2. The predicted octanol–water partition coefficient (Wildman–Crippen LogP) is 2.93. The van der Waals surface area contributed by atoms with Gasteiger partial charge in [0, 0.05) is 17.8 Å². The van der Waals surface area contributed by atoms with Gasteiger partial charge in [0.1, 0.15) is 29.5 Å². The van der Waals surface area contributed by atoms with Crippen LogP contribution in [0.1, 0.15) is 0 Å². The van der Waals surface area contributed by atoms with E-state index >= 15 is 0 Å². The second-order valence-electron chi connectivity index (χ2n) is 8.05. The summed E-state index contributed by atoms with van der Waals surface area (Å²) in [5, 5.41) is 2.57. The molecule has 2 N–H and O–H groups in total. The highest BCUT2D eigenvalue weighted by molar-refractivity contribution is 7.92. The zero-order valence-corrected chi connectivity index (χ0v) is 23.6. The van der Waals surface area contributed by atoms with E-state index in [4.69, 9.17) is 18.9 Å². The third kappa shape index (κ3) is 7.23. The van der Waals surface area contributed by atoms with Gasteiger partial charge in [0.15, 0.2) is 0 Å². The fourth-order valence-corrected chi connectivity index (χ4v) is 5.43. The number of hydrogen-bond acceptors (Lipinski definition) is 9. The van der Waals surface area contributed by atoms with Gasteiger partial charge in [-0.15, -0.1) is 0 Å². The zero-order valence-electron chi connectivity index (χ0n) is 21.9. The number of rotatable bonds is 12. The molecule has 1 amide bonds. The van der Waals surface area contributed by atoms with Crippen molar-refractivity contribution in [2.45, 2.75) is 4.90 Å². The zero-order chi connectivity index (χ0) is 28.8. The number of methoxy groups -OCH3 is 4. The maximum Gasteiger partial charge on any atom is 0.262 e. The highest BCUT2D eigenvalue weighted by Gasteiger charge is 2.25. The molecule has 14 heteroatoms. The minimum absolute atomic E-state index is 0.0794. The van der Waals surface area contributed by atoms with E-state index in [9.17, 15) is 21.6 Å². The summed E-state index contributed by atoms with van der Waals surface area (Å²) in [4.78, 5) is 12.7. The molecule has 0 radical (unpaired) electrons. The fourth-order valence-electron chi connectivity index (χ4n) is 3.52. The first kappa shape index (κ1) is 29.4. The summed E-state index contributed by atoms with van der Waals surface area (Å²) in [5.74, 6) is 0.661. The summed E-state index contributed by atoms with van der Waals surface area (Å²) < 4.78 is 75.1. The Morgan fingerprint density at radius 2 is 1.33 bits per heavy atom. The van der Waals surface area contributed by atoms with Gasteiger partial charge < -0.3 is 24.3 Å². The van der Waals surface area contributed by atoms with E-state index in [2.05, 4.69) is 10.0 Å². The first-order valence-corrected chi connectivity index (χ1v) is 14.6. The van der Waals surface area contributed by atoms with Crippen LogP contribution >= 0.6 is 0 Å². The van der Waals surface area contributed by atoms with Crippen LogP contribution in [0.3, 0.4) is 0 Å². The quantitative estimate of drug-likeness (QED) is 0.330. The van der Waals surface area contributed by atoms with Crippen LogP contribution in [0.15, 0.2) is 65.6 Å². The van der Waals surface area contributed by atoms with Crippen molar-refractivity contribution in [1.29, 1.82) is 0 Å². The Morgan fingerprint density at radius 3 is 1.87 bits per heavy atom. The molecule has 3 rings (SSSR count). The molecule has 0 saturated heterocycles. The molecule has 12 nitrogen and oxygen atoms in total. The second kappa shape index (κ2) is 12.1. The Morgan fingerprint density at radius 1 is 0.769 bits per heavy atom. The van der Waals surface area contributed by atoms with Gasteiger partial charge in [-0.25, -0.2) is 16.8 Å². The van der Waals surface area contributed by atoms with Gasteiger partial charge in [0.25, 0.3) is 10.0 Å². The maximum atomic E-state index is 12.9. The smallest absolute Gasteiger partial charge is 0.262 e. The van der Waals surface area contributed by atoms with E-state index in [-0.39, 0.29) is 27.7 Å². The number of hydrogen-bond donors (Lipinski definition) is 2. The molecule has 39 heavy (non-hydrogen) atoms. The lowest BCUT2D eigenvalue weighted by Crippen LogP contribution is -2.37. The van der Waals surface area contributed by atoms with E-state index in [1.807, 2.05) is 0 Å². The Labute approximate surface area is 227 Å². The summed E-state index contributed by atoms with van der Waals surface area (Å²) in [6, 6.07) is 14.6. The minimum Gasteiger partial charge on any atom is -0.497 e. The number of carbonyl (C=O) groups excluding carboxylic acids is 1. The summed E-state index contributed by atoms with van der Waals surface area (Å²) >= 11 is 0. The Bertz CT molecular complexity index is 1540. The lowest BCUT2D eigenvalue weighted by Gasteiger charge is -2.24. The predicted molar refractivity (Wildman–Crippen MR) is 147 cm³/mol. The number of amides is 1. The van der Waals surface area contributed by atoms with Crippen LogP contribution in [0.5, 0.6) is 23.0 Å². The molecule has 0 saturated carbocycles. The van der Waals surface area contributed by atoms with Crippen LogP contribution in [-0.4, -0.2) is 64.0 Å². The van der Waals surface area contributed by atoms with Gasteiger partial charge in [0.05, 0.1) is 51.0 Å². The van der Waals surface area contributed by atoms with E-state index in [1.165, 1.54) is 70.9 Å². The van der Waals surface area contributed by atoms with Crippen LogP contribution in [0.2, 0.25) is 0 Å². The molecule has 0 fully saturated rings. The molecule has 210 valence electrons. The van der Waals surface area contributed by atoms with Gasteiger partial charge in [-0.2, -0.15) is 0 Å². The molecule has 0 aliphatic rings. The van der Waals surface area contributed by atoms with Crippen molar-refractivity contribution in [2.75, 3.05) is 55.6 Å². The van der Waals surface area contributed by atoms with E-state index in [0.29, 0.717) is 17.2 Å². The van der Waals surface area contributed by atoms with Gasteiger partial charge in [-0.1, -0.05) is 0 Å². The number of nitrogens with one attached hydrogen (secondary N) is 2. The average Bonchev–Trinajstić information content (AvgIpc) is 2.90. The number of carbonyl (C=O) groups is 1. The van der Waals surface area contributed by atoms with Gasteiger partial charge in [0.2, 0.25) is 15.9 Å². The first-order chi connectivity index (χ1) is 18.4. The topological polar surface area (TPSA) is 150 Å². The molecule has 3 aromatic carbocycles. The highest BCUT2D eigenvalue weighted by Crippen LogP contribution is 2.34. The normalized spacial score (nSPS) is 11.3. The average molecular weight is 580 g/mol. The first-order valence-electron chi connectivity index (χ1n) is 11.3. The Balaban J connectivity index is 1.78. The van der Waals surface area contributed by atoms with Crippen LogP contribution in [0, 0.1) is 0 Å². The molecule has 3 aromatic rings. The van der Waals surface area contributed by atoms with Crippen molar-refractivity contribution < 1.29 is 40.6 Å². The van der Waals surface area contributed by atoms with Crippen LogP contribution in [-0.2, 0) is 24.8 Å². The summed E-state index contributed by atoms with van der Waals surface area (Å²) in [6.45, 7) is -0.570. The number of anilines is 3. The number of ether oxygens (including phenoxy) is 4. The third-order valence-corrected chi connectivity index (χ3v) is 7.95. The molecule has 0 aromatic heterocycles.